The third kappa shape index (κ3) is 4.47. The lowest BCUT2D eigenvalue weighted by atomic mass is 10.1. The van der Waals surface area contributed by atoms with Gasteiger partial charge >= 0.3 is 0 Å². The van der Waals surface area contributed by atoms with Crippen molar-refractivity contribution in [3.63, 3.8) is 0 Å². The molecule has 28 heavy (non-hydrogen) atoms. The largest absolute Gasteiger partial charge is 0.495 e. The van der Waals surface area contributed by atoms with E-state index >= 15 is 0 Å². The molecule has 0 aromatic heterocycles. The number of carbonyl (C=O) groups excluding carboxylic acids is 2. The van der Waals surface area contributed by atoms with E-state index < -0.39 is 11.7 Å². The molecular weight excluding hydrogens is 383 g/mol. The summed E-state index contributed by atoms with van der Waals surface area (Å²) >= 11 is 5.96. The summed E-state index contributed by atoms with van der Waals surface area (Å²) in [6, 6.07) is 16.7. The number of amides is 2. The third-order valence-corrected chi connectivity index (χ3v) is 4.18. The van der Waals surface area contributed by atoms with Crippen LogP contribution in [-0.2, 0) is 0 Å². The average Bonchev–Trinajstić information content (AvgIpc) is 2.70. The number of hydrogen-bond donors (Lipinski definition) is 2. The van der Waals surface area contributed by atoms with Gasteiger partial charge in [0.2, 0.25) is 0 Å². The van der Waals surface area contributed by atoms with Crippen molar-refractivity contribution in [3.05, 3.63) is 88.7 Å². The molecule has 2 amide bonds. The first-order valence-corrected chi connectivity index (χ1v) is 8.66. The third-order valence-electron chi connectivity index (χ3n) is 3.94. The van der Waals surface area contributed by atoms with Crippen LogP contribution in [0.5, 0.6) is 5.75 Å². The fourth-order valence-electron chi connectivity index (χ4n) is 2.50. The second-order valence-electron chi connectivity index (χ2n) is 5.81. The molecule has 0 bridgehead atoms. The summed E-state index contributed by atoms with van der Waals surface area (Å²) in [6.45, 7) is 0. The number of halogens is 2. The Bertz CT molecular complexity index is 1020. The maximum Gasteiger partial charge on any atom is 0.255 e. The highest BCUT2D eigenvalue weighted by molar-refractivity contribution is 6.31. The van der Waals surface area contributed by atoms with Crippen molar-refractivity contribution in [2.75, 3.05) is 17.7 Å². The zero-order valence-electron chi connectivity index (χ0n) is 14.8. The van der Waals surface area contributed by atoms with Crippen LogP contribution in [0.2, 0.25) is 5.02 Å². The monoisotopic (exact) mass is 398 g/mol. The van der Waals surface area contributed by atoms with Gasteiger partial charge in [0.25, 0.3) is 11.8 Å². The molecule has 3 aromatic carbocycles. The maximum absolute atomic E-state index is 13.6. The molecule has 0 fully saturated rings. The number of benzene rings is 3. The van der Waals surface area contributed by atoms with Gasteiger partial charge in [-0.2, -0.15) is 0 Å². The summed E-state index contributed by atoms with van der Waals surface area (Å²) in [4.78, 5) is 24.7. The number of ether oxygens (including phenoxy) is 1. The fraction of sp³-hybridized carbons (Fsp3) is 0.0476. The van der Waals surface area contributed by atoms with Gasteiger partial charge in [0.05, 0.1) is 18.5 Å². The van der Waals surface area contributed by atoms with Crippen LogP contribution in [0.15, 0.2) is 66.7 Å². The molecule has 0 atom stereocenters. The minimum absolute atomic E-state index is 0.0855. The highest BCUT2D eigenvalue weighted by atomic mass is 35.5. The number of rotatable bonds is 5. The minimum atomic E-state index is -0.526. The summed E-state index contributed by atoms with van der Waals surface area (Å²) in [5, 5.41) is 5.66. The molecule has 0 saturated heterocycles. The van der Waals surface area contributed by atoms with E-state index in [-0.39, 0.29) is 11.6 Å². The molecule has 2 N–H and O–H groups in total. The molecule has 0 spiro atoms. The van der Waals surface area contributed by atoms with Crippen molar-refractivity contribution in [3.8, 4) is 5.75 Å². The first kappa shape index (κ1) is 19.4. The Morgan fingerprint density at radius 3 is 2.00 bits per heavy atom. The minimum Gasteiger partial charge on any atom is -0.495 e. The summed E-state index contributed by atoms with van der Waals surface area (Å²) in [6.07, 6.45) is 0. The first-order valence-electron chi connectivity index (χ1n) is 8.29. The average molecular weight is 399 g/mol. The summed E-state index contributed by atoms with van der Waals surface area (Å²) < 4.78 is 18.8. The van der Waals surface area contributed by atoms with Gasteiger partial charge in [-0.05, 0) is 54.6 Å². The van der Waals surface area contributed by atoms with Gasteiger partial charge < -0.3 is 15.4 Å². The number of hydrogen-bond acceptors (Lipinski definition) is 3. The lowest BCUT2D eigenvalue weighted by Crippen LogP contribution is -2.15. The van der Waals surface area contributed by atoms with Gasteiger partial charge in [0, 0.05) is 16.1 Å². The number of anilines is 2. The van der Waals surface area contributed by atoms with Crippen LogP contribution in [0.25, 0.3) is 0 Å². The molecule has 7 heteroatoms. The quantitative estimate of drug-likeness (QED) is 0.636. The number of carbonyl (C=O) groups is 2. The van der Waals surface area contributed by atoms with Crippen molar-refractivity contribution in [1.29, 1.82) is 0 Å². The highest BCUT2D eigenvalue weighted by Crippen LogP contribution is 2.28. The van der Waals surface area contributed by atoms with E-state index in [1.807, 2.05) is 0 Å². The SMILES string of the molecule is COc1ccc(Cl)cc1NC(=O)c1ccc(C(=O)Nc2ccccc2F)cc1. The van der Waals surface area contributed by atoms with E-state index in [1.165, 1.54) is 49.6 Å². The molecule has 0 saturated carbocycles. The van der Waals surface area contributed by atoms with E-state index in [0.717, 1.165) is 0 Å². The number of nitrogens with one attached hydrogen (secondary N) is 2. The van der Waals surface area contributed by atoms with E-state index in [9.17, 15) is 14.0 Å². The van der Waals surface area contributed by atoms with Crippen molar-refractivity contribution in [2.45, 2.75) is 0 Å². The zero-order valence-corrected chi connectivity index (χ0v) is 15.6. The molecule has 3 aromatic rings. The number of para-hydroxylation sites is 1. The lowest BCUT2D eigenvalue weighted by Gasteiger charge is -2.11. The molecule has 0 unspecified atom stereocenters. The zero-order chi connectivity index (χ0) is 20.1. The molecule has 0 aliphatic rings. The molecule has 0 heterocycles. The second-order valence-corrected chi connectivity index (χ2v) is 6.25. The van der Waals surface area contributed by atoms with E-state index in [0.29, 0.717) is 27.6 Å². The number of methoxy groups -OCH3 is 1. The first-order chi connectivity index (χ1) is 13.5. The summed E-state index contributed by atoms with van der Waals surface area (Å²) in [5.41, 5.74) is 1.15. The summed E-state index contributed by atoms with van der Waals surface area (Å²) in [7, 11) is 1.49. The van der Waals surface area contributed by atoms with E-state index in [1.54, 1.807) is 24.3 Å². The highest BCUT2D eigenvalue weighted by Gasteiger charge is 2.13. The van der Waals surface area contributed by atoms with Crippen LogP contribution in [0, 0.1) is 5.82 Å². The standard InChI is InChI=1S/C21H16ClFN2O3/c1-28-19-11-10-15(22)12-18(19)25-21(27)14-8-6-13(7-9-14)20(26)24-17-5-3-2-4-16(17)23/h2-12H,1H3,(H,24,26)(H,25,27). The Morgan fingerprint density at radius 1 is 0.857 bits per heavy atom. The van der Waals surface area contributed by atoms with Crippen LogP contribution in [0.1, 0.15) is 20.7 Å². The van der Waals surface area contributed by atoms with Crippen LogP contribution in [-0.4, -0.2) is 18.9 Å². The molecule has 0 radical (unpaired) electrons. The van der Waals surface area contributed by atoms with Crippen LogP contribution < -0.4 is 15.4 Å². The Balaban J connectivity index is 1.72. The Kier molecular flexibility index (Phi) is 5.91. The van der Waals surface area contributed by atoms with E-state index in [2.05, 4.69) is 10.6 Å². The fourth-order valence-corrected chi connectivity index (χ4v) is 2.67. The van der Waals surface area contributed by atoms with Crippen molar-refractivity contribution in [2.24, 2.45) is 0 Å². The van der Waals surface area contributed by atoms with E-state index in [4.69, 9.17) is 16.3 Å². The Morgan fingerprint density at radius 2 is 1.43 bits per heavy atom. The normalized spacial score (nSPS) is 10.2. The molecular formula is C21H16ClFN2O3. The Hall–Kier alpha value is -3.38. The molecule has 3 rings (SSSR count). The molecule has 0 aliphatic heterocycles. The second kappa shape index (κ2) is 8.54. The van der Waals surface area contributed by atoms with Crippen LogP contribution in [0.4, 0.5) is 15.8 Å². The van der Waals surface area contributed by atoms with Crippen molar-refractivity contribution < 1.29 is 18.7 Å². The van der Waals surface area contributed by atoms with Crippen LogP contribution in [0.3, 0.4) is 0 Å². The topological polar surface area (TPSA) is 67.4 Å². The van der Waals surface area contributed by atoms with Gasteiger partial charge in [0.15, 0.2) is 0 Å². The molecule has 0 aliphatic carbocycles. The van der Waals surface area contributed by atoms with Crippen molar-refractivity contribution >= 4 is 34.8 Å². The smallest absolute Gasteiger partial charge is 0.255 e. The molecule has 5 nitrogen and oxygen atoms in total. The lowest BCUT2D eigenvalue weighted by molar-refractivity contribution is 0.101. The predicted octanol–water partition coefficient (Wildman–Crippen LogP) is 4.99. The predicted molar refractivity (Wildman–Crippen MR) is 107 cm³/mol. The van der Waals surface area contributed by atoms with Gasteiger partial charge in [-0.15, -0.1) is 0 Å². The van der Waals surface area contributed by atoms with Crippen LogP contribution >= 0.6 is 11.6 Å². The van der Waals surface area contributed by atoms with Gasteiger partial charge in [-0.1, -0.05) is 23.7 Å². The van der Waals surface area contributed by atoms with Crippen molar-refractivity contribution in [1.82, 2.24) is 0 Å². The maximum atomic E-state index is 13.6. The Labute approximate surface area is 166 Å². The molecule has 142 valence electrons. The van der Waals surface area contributed by atoms with Gasteiger partial charge in [0.1, 0.15) is 11.6 Å². The van der Waals surface area contributed by atoms with Gasteiger partial charge in [-0.25, -0.2) is 4.39 Å². The van der Waals surface area contributed by atoms with Gasteiger partial charge in [-0.3, -0.25) is 9.59 Å². The summed E-state index contributed by atoms with van der Waals surface area (Å²) in [5.74, 6) is -0.920.